The van der Waals surface area contributed by atoms with Gasteiger partial charge in [0.2, 0.25) is 0 Å². The number of benzene rings is 1. The Balaban J connectivity index is 2.21. The van der Waals surface area contributed by atoms with Gasteiger partial charge in [-0.2, -0.15) is 0 Å². The molecule has 4 nitrogen and oxygen atoms in total. The van der Waals surface area contributed by atoms with E-state index in [0.29, 0.717) is 5.92 Å². The summed E-state index contributed by atoms with van der Waals surface area (Å²) in [4.78, 5) is 10.1. The van der Waals surface area contributed by atoms with Crippen LogP contribution in [0.4, 0.5) is 5.69 Å². The van der Waals surface area contributed by atoms with Crippen LogP contribution in [0.1, 0.15) is 31.7 Å². The number of aliphatic hydroxyl groups excluding tert-OH is 1. The van der Waals surface area contributed by atoms with Gasteiger partial charge in [-0.3, -0.25) is 10.1 Å². The molecule has 0 heterocycles. The smallest absolute Gasteiger partial charge is 0.269 e. The highest BCUT2D eigenvalue weighted by Gasteiger charge is 2.47. The van der Waals surface area contributed by atoms with Gasteiger partial charge in [0.25, 0.3) is 5.69 Å². The lowest BCUT2D eigenvalue weighted by Crippen LogP contribution is -2.47. The summed E-state index contributed by atoms with van der Waals surface area (Å²) in [5.41, 5.74) is 1.05. The van der Waals surface area contributed by atoms with Crippen LogP contribution < -0.4 is 0 Å². The fraction of sp³-hybridized carbons (Fsp3) is 0.500. The Labute approximate surface area is 94.1 Å². The molecule has 1 fully saturated rings. The van der Waals surface area contributed by atoms with Gasteiger partial charge in [-0.05, 0) is 23.3 Å². The maximum Gasteiger partial charge on any atom is 0.269 e. The second-order valence-electron chi connectivity index (χ2n) is 4.97. The minimum atomic E-state index is -0.398. The minimum absolute atomic E-state index is 0.112. The van der Waals surface area contributed by atoms with Crippen LogP contribution in [-0.4, -0.2) is 16.1 Å². The van der Waals surface area contributed by atoms with E-state index in [9.17, 15) is 15.2 Å². The molecule has 1 aliphatic rings. The molecule has 0 spiro atoms. The molecular formula is C12H15NO3. The van der Waals surface area contributed by atoms with Gasteiger partial charge in [-0.1, -0.05) is 26.0 Å². The highest BCUT2D eigenvalue weighted by molar-refractivity contribution is 5.36. The van der Waals surface area contributed by atoms with E-state index in [1.165, 1.54) is 12.1 Å². The average Bonchev–Trinajstić information content (AvgIpc) is 2.26. The number of aliphatic hydroxyl groups is 1. The number of nitrogens with zero attached hydrogens (tertiary/aromatic N) is 1. The zero-order chi connectivity index (χ0) is 11.9. The summed E-state index contributed by atoms with van der Waals surface area (Å²) in [7, 11) is 0. The summed E-state index contributed by atoms with van der Waals surface area (Å²) in [5, 5.41) is 20.2. The van der Waals surface area contributed by atoms with Crippen molar-refractivity contribution in [2.24, 2.45) is 5.41 Å². The highest BCUT2D eigenvalue weighted by atomic mass is 16.6. The molecule has 1 aromatic carbocycles. The fourth-order valence-electron chi connectivity index (χ4n) is 2.30. The molecule has 2 atom stereocenters. The standard InChI is InChI=1S/C12H15NO3/c1-12(2)10(7-11(12)14)8-3-5-9(6-4-8)13(15)16/h3-6,10-11,14H,7H2,1-2H3/t10-,11+/m0/s1. The number of hydrogen-bond acceptors (Lipinski definition) is 3. The lowest BCUT2D eigenvalue weighted by atomic mass is 9.58. The predicted octanol–water partition coefficient (Wildman–Crippen LogP) is 2.47. The van der Waals surface area contributed by atoms with Gasteiger partial charge in [-0.25, -0.2) is 0 Å². The van der Waals surface area contributed by atoms with E-state index in [1.54, 1.807) is 12.1 Å². The van der Waals surface area contributed by atoms with Crippen molar-refractivity contribution >= 4 is 5.69 Å². The van der Waals surface area contributed by atoms with Crippen LogP contribution in [0.15, 0.2) is 24.3 Å². The van der Waals surface area contributed by atoms with Gasteiger partial charge < -0.3 is 5.11 Å². The number of hydrogen-bond donors (Lipinski definition) is 1. The molecule has 0 amide bonds. The topological polar surface area (TPSA) is 63.4 Å². The minimum Gasteiger partial charge on any atom is -0.393 e. The Morgan fingerprint density at radius 2 is 1.94 bits per heavy atom. The van der Waals surface area contributed by atoms with Gasteiger partial charge in [-0.15, -0.1) is 0 Å². The summed E-state index contributed by atoms with van der Waals surface area (Å²) in [6, 6.07) is 6.62. The highest BCUT2D eigenvalue weighted by Crippen LogP contribution is 2.52. The molecule has 1 N–H and O–H groups in total. The van der Waals surface area contributed by atoms with Crippen LogP contribution in [0, 0.1) is 15.5 Å². The molecule has 0 aromatic heterocycles. The van der Waals surface area contributed by atoms with Crippen molar-refractivity contribution in [1.82, 2.24) is 0 Å². The van der Waals surface area contributed by atoms with Gasteiger partial charge in [0.05, 0.1) is 11.0 Å². The zero-order valence-corrected chi connectivity index (χ0v) is 9.38. The third-order valence-corrected chi connectivity index (χ3v) is 3.72. The fourth-order valence-corrected chi connectivity index (χ4v) is 2.30. The molecule has 2 rings (SSSR count). The van der Waals surface area contributed by atoms with Crippen LogP contribution >= 0.6 is 0 Å². The van der Waals surface area contributed by atoms with Crippen molar-refractivity contribution in [3.05, 3.63) is 39.9 Å². The van der Waals surface area contributed by atoms with Gasteiger partial charge in [0.15, 0.2) is 0 Å². The number of nitro benzene ring substituents is 1. The second kappa shape index (κ2) is 3.56. The average molecular weight is 221 g/mol. The van der Waals surface area contributed by atoms with E-state index in [1.807, 2.05) is 13.8 Å². The van der Waals surface area contributed by atoms with E-state index >= 15 is 0 Å². The summed E-state index contributed by atoms with van der Waals surface area (Å²) < 4.78 is 0. The third-order valence-electron chi connectivity index (χ3n) is 3.72. The Morgan fingerprint density at radius 3 is 2.31 bits per heavy atom. The Hall–Kier alpha value is -1.42. The van der Waals surface area contributed by atoms with Crippen molar-refractivity contribution in [2.45, 2.75) is 32.3 Å². The van der Waals surface area contributed by atoms with Crippen molar-refractivity contribution in [2.75, 3.05) is 0 Å². The molecular weight excluding hydrogens is 206 g/mol. The molecule has 16 heavy (non-hydrogen) atoms. The monoisotopic (exact) mass is 221 g/mol. The quantitative estimate of drug-likeness (QED) is 0.616. The van der Waals surface area contributed by atoms with Crippen LogP contribution in [0.25, 0.3) is 0 Å². The predicted molar refractivity (Wildman–Crippen MR) is 60.2 cm³/mol. The first-order valence-electron chi connectivity index (χ1n) is 5.35. The van der Waals surface area contributed by atoms with Crippen LogP contribution in [0.5, 0.6) is 0 Å². The molecule has 0 bridgehead atoms. The van der Waals surface area contributed by atoms with Crippen molar-refractivity contribution < 1.29 is 10.0 Å². The summed E-state index contributed by atoms with van der Waals surface area (Å²) >= 11 is 0. The number of nitro groups is 1. The molecule has 86 valence electrons. The SMILES string of the molecule is CC1(C)[C@H](O)C[C@H]1c1ccc([N+](=O)[O-])cc1. The molecule has 0 radical (unpaired) electrons. The number of rotatable bonds is 2. The van der Waals surface area contributed by atoms with E-state index in [-0.39, 0.29) is 17.2 Å². The van der Waals surface area contributed by atoms with Crippen molar-refractivity contribution in [3.63, 3.8) is 0 Å². The van der Waals surface area contributed by atoms with Crippen molar-refractivity contribution in [1.29, 1.82) is 0 Å². The first-order chi connectivity index (χ1) is 7.43. The van der Waals surface area contributed by atoms with Gasteiger partial charge >= 0.3 is 0 Å². The van der Waals surface area contributed by atoms with E-state index in [4.69, 9.17) is 0 Å². The molecule has 0 aliphatic heterocycles. The second-order valence-corrected chi connectivity index (χ2v) is 4.97. The molecule has 1 saturated carbocycles. The van der Waals surface area contributed by atoms with E-state index < -0.39 is 4.92 Å². The molecule has 1 aromatic rings. The third kappa shape index (κ3) is 1.59. The Bertz CT molecular complexity index is 411. The van der Waals surface area contributed by atoms with Gasteiger partial charge in [0, 0.05) is 12.1 Å². The molecule has 0 unspecified atom stereocenters. The first kappa shape index (κ1) is 11.1. The summed E-state index contributed by atoms with van der Waals surface area (Å²) in [6.07, 6.45) is 0.470. The van der Waals surface area contributed by atoms with Gasteiger partial charge in [0.1, 0.15) is 0 Å². The van der Waals surface area contributed by atoms with E-state index in [2.05, 4.69) is 0 Å². The lowest BCUT2D eigenvalue weighted by Gasteiger charge is -2.49. The maximum atomic E-state index is 10.5. The molecule has 0 saturated heterocycles. The van der Waals surface area contributed by atoms with E-state index in [0.717, 1.165) is 12.0 Å². The lowest BCUT2D eigenvalue weighted by molar-refractivity contribution is -0.384. The number of non-ortho nitro benzene ring substituents is 1. The van der Waals surface area contributed by atoms with Crippen LogP contribution in [-0.2, 0) is 0 Å². The first-order valence-corrected chi connectivity index (χ1v) is 5.35. The van der Waals surface area contributed by atoms with Crippen LogP contribution in [0.2, 0.25) is 0 Å². The maximum absolute atomic E-state index is 10.5. The summed E-state index contributed by atoms with van der Waals surface area (Å²) in [5.74, 6) is 0.295. The van der Waals surface area contributed by atoms with Crippen LogP contribution in [0.3, 0.4) is 0 Å². The Kier molecular flexibility index (Phi) is 2.46. The largest absolute Gasteiger partial charge is 0.393 e. The summed E-state index contributed by atoms with van der Waals surface area (Å²) in [6.45, 7) is 4.04. The Morgan fingerprint density at radius 1 is 1.38 bits per heavy atom. The van der Waals surface area contributed by atoms with Crippen molar-refractivity contribution in [3.8, 4) is 0 Å². The normalized spacial score (nSPS) is 27.2. The molecule has 4 heteroatoms. The zero-order valence-electron chi connectivity index (χ0n) is 9.38. The molecule has 1 aliphatic carbocycles.